The topological polar surface area (TPSA) is 62.6 Å². The first-order valence-electron chi connectivity index (χ1n) is 10.2. The zero-order chi connectivity index (χ0) is 19.8. The summed E-state index contributed by atoms with van der Waals surface area (Å²) in [5.41, 5.74) is 1.78. The summed E-state index contributed by atoms with van der Waals surface area (Å²) in [4.78, 5) is 15.5. The maximum atomic E-state index is 13.5. The van der Waals surface area contributed by atoms with Crippen molar-refractivity contribution in [3.05, 3.63) is 17.0 Å². The highest BCUT2D eigenvalue weighted by Gasteiger charge is 2.37. The molecule has 1 amide bonds. The predicted octanol–water partition coefficient (Wildman–Crippen LogP) is 3.08. The number of carbonyl (C=O) groups is 1. The molecule has 0 aromatic carbocycles. The number of sulfonamides is 1. The zero-order valence-corrected chi connectivity index (χ0v) is 17.9. The van der Waals surface area contributed by atoms with Gasteiger partial charge < -0.3 is 9.47 Å². The Bertz CT molecular complexity index is 797. The van der Waals surface area contributed by atoms with Gasteiger partial charge in [0.25, 0.3) is 5.91 Å². The largest absolute Gasteiger partial charge is 0.350 e. The summed E-state index contributed by atoms with van der Waals surface area (Å²) < 4.78 is 30.4. The fourth-order valence-electron chi connectivity index (χ4n) is 4.27. The van der Waals surface area contributed by atoms with Gasteiger partial charge in [-0.1, -0.05) is 19.8 Å². The predicted molar refractivity (Wildman–Crippen MR) is 106 cm³/mol. The van der Waals surface area contributed by atoms with Crippen LogP contribution in [-0.2, 0) is 17.1 Å². The van der Waals surface area contributed by atoms with Crippen LogP contribution in [0.1, 0.15) is 67.2 Å². The molecule has 0 atom stereocenters. The quantitative estimate of drug-likeness (QED) is 0.790. The number of carbonyl (C=O) groups excluding carboxylic acids is 1. The maximum absolute atomic E-state index is 13.5. The van der Waals surface area contributed by atoms with Gasteiger partial charge in [-0.3, -0.25) is 4.79 Å². The molecule has 0 bridgehead atoms. The second kappa shape index (κ2) is 7.95. The zero-order valence-electron chi connectivity index (χ0n) is 17.1. The van der Waals surface area contributed by atoms with E-state index in [1.807, 2.05) is 30.4 Å². The van der Waals surface area contributed by atoms with Gasteiger partial charge in [-0.25, -0.2) is 8.42 Å². The van der Waals surface area contributed by atoms with Crippen molar-refractivity contribution in [3.8, 4) is 0 Å². The lowest BCUT2D eigenvalue weighted by Crippen LogP contribution is -2.39. The van der Waals surface area contributed by atoms with E-state index in [0.717, 1.165) is 44.2 Å². The van der Waals surface area contributed by atoms with Gasteiger partial charge >= 0.3 is 0 Å². The number of likely N-dealkylation sites (tertiary alicyclic amines) is 1. The monoisotopic (exact) mass is 395 g/mol. The van der Waals surface area contributed by atoms with E-state index < -0.39 is 10.0 Å². The van der Waals surface area contributed by atoms with Crippen molar-refractivity contribution in [2.24, 2.45) is 13.0 Å². The molecule has 152 valence electrons. The highest BCUT2D eigenvalue weighted by atomic mass is 32.2. The van der Waals surface area contributed by atoms with Crippen LogP contribution in [-0.4, -0.2) is 54.3 Å². The molecule has 0 saturated carbocycles. The number of nitrogens with zero attached hydrogens (tertiary/aromatic N) is 3. The lowest BCUT2D eigenvalue weighted by Gasteiger charge is -2.30. The van der Waals surface area contributed by atoms with E-state index in [0.29, 0.717) is 43.4 Å². The molecule has 2 aliphatic heterocycles. The van der Waals surface area contributed by atoms with Crippen molar-refractivity contribution in [3.63, 3.8) is 0 Å². The second-order valence-electron chi connectivity index (χ2n) is 8.23. The summed E-state index contributed by atoms with van der Waals surface area (Å²) >= 11 is 0. The molecule has 2 saturated heterocycles. The van der Waals surface area contributed by atoms with Gasteiger partial charge in [0.15, 0.2) is 0 Å². The van der Waals surface area contributed by atoms with E-state index in [-0.39, 0.29) is 10.8 Å². The molecule has 0 unspecified atom stereocenters. The summed E-state index contributed by atoms with van der Waals surface area (Å²) in [5.74, 6) is 0.426. The Morgan fingerprint density at radius 1 is 0.926 bits per heavy atom. The van der Waals surface area contributed by atoms with Gasteiger partial charge in [-0.2, -0.15) is 4.31 Å². The van der Waals surface area contributed by atoms with Crippen LogP contribution in [0.15, 0.2) is 4.90 Å². The molecular formula is C20H33N3O3S. The molecule has 1 aromatic heterocycles. The Morgan fingerprint density at radius 2 is 1.48 bits per heavy atom. The molecule has 27 heavy (non-hydrogen) atoms. The average molecular weight is 396 g/mol. The molecule has 3 heterocycles. The lowest BCUT2D eigenvalue weighted by molar-refractivity contribution is 0.0757. The molecule has 7 heteroatoms. The molecule has 0 aliphatic carbocycles. The molecule has 6 nitrogen and oxygen atoms in total. The molecule has 0 spiro atoms. The summed E-state index contributed by atoms with van der Waals surface area (Å²) in [6.07, 6.45) is 5.99. The Morgan fingerprint density at radius 3 is 2.04 bits per heavy atom. The van der Waals surface area contributed by atoms with Gasteiger partial charge in [0.2, 0.25) is 10.0 Å². The van der Waals surface area contributed by atoms with Crippen LogP contribution in [0.2, 0.25) is 0 Å². The van der Waals surface area contributed by atoms with E-state index in [4.69, 9.17) is 0 Å². The molecule has 1 aromatic rings. The molecule has 3 rings (SSSR count). The minimum absolute atomic E-state index is 0.123. The van der Waals surface area contributed by atoms with E-state index in [1.165, 1.54) is 0 Å². The van der Waals surface area contributed by atoms with Crippen LogP contribution in [0.3, 0.4) is 0 Å². The van der Waals surface area contributed by atoms with Gasteiger partial charge in [-0.05, 0) is 45.4 Å². The van der Waals surface area contributed by atoms with E-state index >= 15 is 0 Å². The molecular weight excluding hydrogens is 362 g/mol. The fraction of sp³-hybridized carbons (Fsp3) is 0.750. The normalized spacial score (nSPS) is 20.7. The van der Waals surface area contributed by atoms with Crippen LogP contribution in [0, 0.1) is 19.8 Å². The number of amides is 1. The SMILES string of the molecule is Cc1c(C(=O)N2CCCCCC2)c(S(=O)(=O)N2CCC(C)CC2)c(C)n1C. The third kappa shape index (κ3) is 3.81. The Labute approximate surface area is 163 Å². The summed E-state index contributed by atoms with van der Waals surface area (Å²) in [6, 6.07) is 0. The fourth-order valence-corrected chi connectivity index (χ4v) is 6.22. The standard InChI is InChI=1S/C20H33N3O3S/c1-15-9-13-23(14-10-15)27(25,26)19-17(3)21(4)16(2)18(19)20(24)22-11-7-5-6-8-12-22/h15H,5-14H2,1-4H3. The highest BCUT2D eigenvalue weighted by molar-refractivity contribution is 7.89. The Hall–Kier alpha value is -1.34. The van der Waals surface area contributed by atoms with Crippen molar-refractivity contribution in [1.82, 2.24) is 13.8 Å². The first-order chi connectivity index (χ1) is 12.7. The summed E-state index contributed by atoms with van der Waals surface area (Å²) in [6.45, 7) is 8.33. The van der Waals surface area contributed by atoms with E-state index in [2.05, 4.69) is 6.92 Å². The van der Waals surface area contributed by atoms with Crippen LogP contribution in [0.25, 0.3) is 0 Å². The van der Waals surface area contributed by atoms with Crippen molar-refractivity contribution < 1.29 is 13.2 Å². The van der Waals surface area contributed by atoms with Crippen molar-refractivity contribution in [1.29, 1.82) is 0 Å². The number of hydrogen-bond acceptors (Lipinski definition) is 3. The molecule has 0 radical (unpaired) electrons. The van der Waals surface area contributed by atoms with Crippen LogP contribution in [0.4, 0.5) is 0 Å². The molecule has 0 N–H and O–H groups in total. The Kier molecular flexibility index (Phi) is 6.01. The number of rotatable bonds is 3. The van der Waals surface area contributed by atoms with Crippen molar-refractivity contribution >= 4 is 15.9 Å². The smallest absolute Gasteiger partial charge is 0.257 e. The molecule has 2 aliphatic rings. The van der Waals surface area contributed by atoms with E-state index in [9.17, 15) is 13.2 Å². The summed E-state index contributed by atoms with van der Waals surface area (Å²) in [5, 5.41) is 0. The highest BCUT2D eigenvalue weighted by Crippen LogP contribution is 2.32. The maximum Gasteiger partial charge on any atom is 0.257 e. The van der Waals surface area contributed by atoms with Gasteiger partial charge in [0.05, 0.1) is 5.56 Å². The van der Waals surface area contributed by atoms with Crippen LogP contribution >= 0.6 is 0 Å². The lowest BCUT2D eigenvalue weighted by atomic mass is 10.0. The summed E-state index contributed by atoms with van der Waals surface area (Å²) in [7, 11) is -1.83. The van der Waals surface area contributed by atoms with Gasteiger partial charge in [0.1, 0.15) is 4.90 Å². The van der Waals surface area contributed by atoms with Gasteiger partial charge in [-0.15, -0.1) is 0 Å². The first-order valence-corrected chi connectivity index (χ1v) is 11.6. The van der Waals surface area contributed by atoms with Crippen molar-refractivity contribution in [2.45, 2.75) is 64.2 Å². The van der Waals surface area contributed by atoms with Crippen LogP contribution in [0.5, 0.6) is 0 Å². The van der Waals surface area contributed by atoms with Gasteiger partial charge in [0, 0.05) is 44.6 Å². The third-order valence-corrected chi connectivity index (χ3v) is 8.43. The second-order valence-corrected chi connectivity index (χ2v) is 10.1. The number of aromatic nitrogens is 1. The van der Waals surface area contributed by atoms with Crippen LogP contribution < -0.4 is 0 Å². The third-order valence-electron chi connectivity index (χ3n) is 6.37. The minimum Gasteiger partial charge on any atom is -0.350 e. The Balaban J connectivity index is 2.02. The van der Waals surface area contributed by atoms with E-state index in [1.54, 1.807) is 4.31 Å². The number of hydrogen-bond donors (Lipinski definition) is 0. The first kappa shape index (κ1) is 20.4. The van der Waals surface area contributed by atoms with Crippen molar-refractivity contribution in [2.75, 3.05) is 26.2 Å². The molecule has 2 fully saturated rings. The average Bonchev–Trinajstić information content (AvgIpc) is 2.84. The minimum atomic E-state index is -3.68. The number of piperidine rings is 1.